The van der Waals surface area contributed by atoms with Gasteiger partial charge in [0.1, 0.15) is 0 Å². The summed E-state index contributed by atoms with van der Waals surface area (Å²) in [6.07, 6.45) is 14.5. The summed E-state index contributed by atoms with van der Waals surface area (Å²) in [6, 6.07) is 40.9. The average Bonchev–Trinajstić information content (AvgIpc) is 3.91. The molecule has 4 nitrogen and oxygen atoms in total. The second-order valence-electron chi connectivity index (χ2n) is 14.9. The van der Waals surface area contributed by atoms with Gasteiger partial charge in [0.2, 0.25) is 0 Å². The number of hydrogen-bond donors (Lipinski definition) is 1. The first-order chi connectivity index (χ1) is 26.1. The Morgan fingerprint density at radius 1 is 0.566 bits per heavy atom. The Balaban J connectivity index is 1.16. The fourth-order valence-electron chi connectivity index (χ4n) is 9.38. The largest absolute Gasteiger partial charge is 0.366 e. The average molecular weight is 683 g/mol. The molecule has 254 valence electrons. The third kappa shape index (κ3) is 4.58. The molecular formula is C49H38N4. The van der Waals surface area contributed by atoms with Gasteiger partial charge in [0.15, 0.2) is 0 Å². The third-order valence-corrected chi connectivity index (χ3v) is 11.9. The number of hydrogen-bond acceptors (Lipinski definition) is 1. The van der Waals surface area contributed by atoms with Gasteiger partial charge < -0.3 is 14.1 Å². The highest BCUT2D eigenvalue weighted by Gasteiger charge is 2.27. The molecule has 4 heterocycles. The summed E-state index contributed by atoms with van der Waals surface area (Å²) < 4.78 is 4.92. The molecule has 0 atom stereocenters. The van der Waals surface area contributed by atoms with Gasteiger partial charge in [0.05, 0.1) is 34.1 Å². The molecule has 2 aliphatic rings. The normalized spacial score (nSPS) is 13.7. The molecule has 0 aliphatic heterocycles. The molecule has 0 unspecified atom stereocenters. The number of H-pyrrole nitrogens is 1. The van der Waals surface area contributed by atoms with E-state index in [1.807, 2.05) is 18.6 Å². The number of nitrogens with one attached hydrogen (secondary N) is 1. The van der Waals surface area contributed by atoms with Crippen LogP contribution in [0.4, 0.5) is 0 Å². The lowest BCUT2D eigenvalue weighted by Crippen LogP contribution is -2.06. The minimum atomic E-state index is 0.988. The number of fused-ring (bicyclic) bond motifs is 9. The van der Waals surface area contributed by atoms with E-state index in [1.54, 1.807) is 0 Å². The van der Waals surface area contributed by atoms with Gasteiger partial charge in [-0.25, -0.2) is 0 Å². The first kappa shape index (κ1) is 30.3. The van der Waals surface area contributed by atoms with Crippen molar-refractivity contribution in [1.82, 2.24) is 19.1 Å². The molecule has 4 aromatic heterocycles. The number of aromatic nitrogens is 4. The number of benzene rings is 5. The summed E-state index contributed by atoms with van der Waals surface area (Å²) in [5, 5.41) is 3.94. The Morgan fingerprint density at radius 2 is 1.28 bits per heavy atom. The monoisotopic (exact) mass is 682 g/mol. The van der Waals surface area contributed by atoms with Crippen LogP contribution in [0.25, 0.3) is 78.0 Å². The van der Waals surface area contributed by atoms with E-state index in [0.29, 0.717) is 0 Å². The molecule has 9 aromatic rings. The van der Waals surface area contributed by atoms with Gasteiger partial charge in [-0.05, 0) is 156 Å². The van der Waals surface area contributed by atoms with E-state index in [-0.39, 0.29) is 0 Å². The number of pyridine rings is 1. The van der Waals surface area contributed by atoms with Crippen LogP contribution in [-0.2, 0) is 19.3 Å². The molecule has 4 heteroatoms. The first-order valence-corrected chi connectivity index (χ1v) is 18.8. The summed E-state index contributed by atoms with van der Waals surface area (Å²) in [5.41, 5.74) is 22.2. The van der Waals surface area contributed by atoms with Gasteiger partial charge in [0, 0.05) is 46.0 Å². The number of allylic oxidation sites excluding steroid dienone is 1. The lowest BCUT2D eigenvalue weighted by molar-refractivity contribution is 0.893. The maximum absolute atomic E-state index is 4.57. The van der Waals surface area contributed by atoms with Gasteiger partial charge in [0.25, 0.3) is 0 Å². The van der Waals surface area contributed by atoms with E-state index in [0.717, 1.165) is 37.1 Å². The fourth-order valence-corrected chi connectivity index (χ4v) is 9.38. The molecule has 0 fully saturated rings. The standard InChI is InChI=1S/C49H38N4/c1-30-8-3-5-11-38(30)32-15-17-46-42(22-32)44-24-34-13-14-35-25-45-43-23-33(39-12-6-4-9-31(39)2)16-18-47(43)53(37-19-21-51-29-37)49(45)27-41(35)40(34)26-48(44)52(46)36-10-7-20-50-28-36/h3-12,16,18-29,51H,13-15,17H2,1-2H3. The van der Waals surface area contributed by atoms with Crippen molar-refractivity contribution in [2.75, 3.05) is 0 Å². The molecule has 0 saturated carbocycles. The Labute approximate surface area is 308 Å². The highest BCUT2D eigenvalue weighted by atomic mass is 15.0. The van der Waals surface area contributed by atoms with Gasteiger partial charge >= 0.3 is 0 Å². The third-order valence-electron chi connectivity index (χ3n) is 11.9. The van der Waals surface area contributed by atoms with Crippen molar-refractivity contribution >= 4 is 44.4 Å². The van der Waals surface area contributed by atoms with Crippen LogP contribution >= 0.6 is 0 Å². The number of aryl methyl sites for hydroxylation is 4. The molecule has 11 rings (SSSR count). The van der Waals surface area contributed by atoms with Gasteiger partial charge in [-0.1, -0.05) is 54.6 Å². The highest BCUT2D eigenvalue weighted by molar-refractivity contribution is 6.12. The van der Waals surface area contributed by atoms with Crippen LogP contribution in [0.5, 0.6) is 0 Å². The first-order valence-electron chi connectivity index (χ1n) is 18.8. The quantitative estimate of drug-likeness (QED) is 0.197. The minimum Gasteiger partial charge on any atom is -0.366 e. The molecule has 5 aromatic carbocycles. The summed E-state index contributed by atoms with van der Waals surface area (Å²) in [5.74, 6) is 0. The second kappa shape index (κ2) is 11.6. The molecule has 1 N–H and O–H groups in total. The van der Waals surface area contributed by atoms with Crippen molar-refractivity contribution in [3.05, 3.63) is 173 Å². The van der Waals surface area contributed by atoms with Crippen molar-refractivity contribution in [1.29, 1.82) is 0 Å². The fraction of sp³-hybridized carbons (Fsp3) is 0.122. The Morgan fingerprint density at radius 3 is 2.00 bits per heavy atom. The van der Waals surface area contributed by atoms with E-state index >= 15 is 0 Å². The Kier molecular flexibility index (Phi) is 6.60. The van der Waals surface area contributed by atoms with Gasteiger partial charge in [-0.2, -0.15) is 0 Å². The predicted octanol–water partition coefficient (Wildman–Crippen LogP) is 12.0. The SMILES string of the molecule is Cc1ccccc1C1=Cc2c(n(-c3cccnc3)c3cc4c(cc23)CCc2cc3c5cc(-c6ccccc6C)ccc5n(-c5cc[nH]c5)c3cc2-4)CC1. The van der Waals surface area contributed by atoms with Crippen molar-refractivity contribution in [2.45, 2.75) is 39.5 Å². The summed E-state index contributed by atoms with van der Waals surface area (Å²) in [7, 11) is 0. The summed E-state index contributed by atoms with van der Waals surface area (Å²) >= 11 is 0. The van der Waals surface area contributed by atoms with Crippen LogP contribution in [0.3, 0.4) is 0 Å². The molecule has 0 spiro atoms. The van der Waals surface area contributed by atoms with Crippen LogP contribution in [0.1, 0.15) is 45.5 Å². The van der Waals surface area contributed by atoms with Crippen LogP contribution in [0, 0.1) is 13.8 Å². The molecular weight excluding hydrogens is 645 g/mol. The molecule has 0 amide bonds. The summed E-state index contributed by atoms with van der Waals surface area (Å²) in [4.78, 5) is 7.89. The number of rotatable bonds is 4. The Hall–Kier alpha value is -6.39. The van der Waals surface area contributed by atoms with Crippen LogP contribution in [0.2, 0.25) is 0 Å². The lowest BCUT2D eigenvalue weighted by atomic mass is 9.83. The molecule has 2 aliphatic carbocycles. The van der Waals surface area contributed by atoms with Gasteiger partial charge in [-0.3, -0.25) is 4.98 Å². The smallest absolute Gasteiger partial charge is 0.0642 e. The van der Waals surface area contributed by atoms with Gasteiger partial charge in [-0.15, -0.1) is 0 Å². The van der Waals surface area contributed by atoms with Crippen LogP contribution < -0.4 is 0 Å². The van der Waals surface area contributed by atoms with E-state index in [2.05, 4.69) is 154 Å². The van der Waals surface area contributed by atoms with E-state index in [4.69, 9.17) is 0 Å². The molecule has 0 radical (unpaired) electrons. The zero-order valence-corrected chi connectivity index (χ0v) is 29.9. The van der Waals surface area contributed by atoms with Crippen LogP contribution in [0.15, 0.2) is 134 Å². The van der Waals surface area contributed by atoms with Crippen molar-refractivity contribution in [3.63, 3.8) is 0 Å². The molecule has 53 heavy (non-hydrogen) atoms. The van der Waals surface area contributed by atoms with E-state index in [9.17, 15) is 0 Å². The summed E-state index contributed by atoms with van der Waals surface area (Å²) in [6.45, 7) is 4.43. The zero-order valence-electron chi connectivity index (χ0n) is 29.9. The molecule has 0 saturated heterocycles. The second-order valence-corrected chi connectivity index (χ2v) is 14.9. The van der Waals surface area contributed by atoms with Crippen molar-refractivity contribution in [3.8, 4) is 33.6 Å². The van der Waals surface area contributed by atoms with Crippen molar-refractivity contribution < 1.29 is 0 Å². The maximum Gasteiger partial charge on any atom is 0.0642 e. The van der Waals surface area contributed by atoms with E-state index in [1.165, 1.54) is 99.6 Å². The topological polar surface area (TPSA) is 38.5 Å². The maximum atomic E-state index is 4.57. The number of aromatic amines is 1. The Bertz CT molecular complexity index is 2950. The van der Waals surface area contributed by atoms with Crippen molar-refractivity contribution in [2.24, 2.45) is 0 Å². The molecule has 0 bridgehead atoms. The lowest BCUT2D eigenvalue weighted by Gasteiger charge is -2.21. The predicted molar refractivity (Wildman–Crippen MR) is 220 cm³/mol. The van der Waals surface area contributed by atoms with E-state index < -0.39 is 0 Å². The minimum absolute atomic E-state index is 0.988. The number of nitrogens with zero attached hydrogens (tertiary/aromatic N) is 3. The van der Waals surface area contributed by atoms with Crippen LogP contribution in [-0.4, -0.2) is 19.1 Å². The highest BCUT2D eigenvalue weighted by Crippen LogP contribution is 2.46. The zero-order chi connectivity index (χ0) is 35.2.